The molecule has 3 heteroatoms. The summed E-state index contributed by atoms with van der Waals surface area (Å²) in [4.78, 5) is 10.6. The molecule has 0 aliphatic rings. The fraction of sp³-hybridized carbons (Fsp3) is 0.133. The van der Waals surface area contributed by atoms with Gasteiger partial charge in [0.25, 0.3) is 0 Å². The van der Waals surface area contributed by atoms with Gasteiger partial charge in [0.05, 0.1) is 0 Å². The number of rotatable bonds is 2. The highest BCUT2D eigenvalue weighted by atomic mass is 19.2. The molecule has 1 nitrogen and oxygen atoms in total. The van der Waals surface area contributed by atoms with E-state index in [2.05, 4.69) is 0 Å². The van der Waals surface area contributed by atoms with Crippen LogP contribution in [0.3, 0.4) is 0 Å². The van der Waals surface area contributed by atoms with Gasteiger partial charge in [-0.15, -0.1) is 0 Å². The Morgan fingerprint density at radius 3 is 2.17 bits per heavy atom. The molecule has 0 radical (unpaired) electrons. The highest BCUT2D eigenvalue weighted by Gasteiger charge is 2.14. The Kier molecular flexibility index (Phi) is 3.24. The van der Waals surface area contributed by atoms with Crippen LogP contribution in [0, 0.1) is 25.5 Å². The van der Waals surface area contributed by atoms with Crippen molar-refractivity contribution in [3.63, 3.8) is 0 Å². The Labute approximate surface area is 104 Å². The molecule has 0 N–H and O–H groups in total. The Bertz CT molecular complexity index is 618. The molecule has 2 aromatic carbocycles. The average molecular weight is 246 g/mol. The number of hydrogen-bond donors (Lipinski definition) is 0. The first-order valence-electron chi connectivity index (χ1n) is 5.55. The van der Waals surface area contributed by atoms with Crippen LogP contribution in [-0.4, -0.2) is 6.29 Å². The van der Waals surface area contributed by atoms with Gasteiger partial charge in [-0.25, -0.2) is 8.78 Å². The van der Waals surface area contributed by atoms with Crippen LogP contribution < -0.4 is 0 Å². The molecular weight excluding hydrogens is 234 g/mol. The van der Waals surface area contributed by atoms with Crippen LogP contribution in [0.2, 0.25) is 0 Å². The first-order valence-corrected chi connectivity index (χ1v) is 5.55. The summed E-state index contributed by atoms with van der Waals surface area (Å²) in [5.41, 5.74) is 2.34. The van der Waals surface area contributed by atoms with Gasteiger partial charge >= 0.3 is 0 Å². The van der Waals surface area contributed by atoms with Crippen molar-refractivity contribution < 1.29 is 13.6 Å². The molecule has 0 amide bonds. The van der Waals surface area contributed by atoms with Gasteiger partial charge in [-0.3, -0.25) is 4.79 Å². The number of hydrogen-bond acceptors (Lipinski definition) is 1. The number of aldehydes is 1. The summed E-state index contributed by atoms with van der Waals surface area (Å²) in [5.74, 6) is -1.68. The fourth-order valence-electron chi connectivity index (χ4n) is 1.92. The number of halogens is 2. The minimum absolute atomic E-state index is 0.216. The Morgan fingerprint density at radius 1 is 0.889 bits per heavy atom. The van der Waals surface area contributed by atoms with Gasteiger partial charge in [0.1, 0.15) is 6.29 Å². The summed E-state index contributed by atoms with van der Waals surface area (Å²) in [6, 6.07) is 7.97. The van der Waals surface area contributed by atoms with Crippen molar-refractivity contribution in [3.05, 3.63) is 58.7 Å². The van der Waals surface area contributed by atoms with E-state index >= 15 is 0 Å². The largest absolute Gasteiger partial charge is 0.298 e. The molecule has 0 heterocycles. The zero-order chi connectivity index (χ0) is 13.3. The third-order valence-electron chi connectivity index (χ3n) is 2.95. The summed E-state index contributed by atoms with van der Waals surface area (Å²) in [7, 11) is 0. The predicted octanol–water partition coefficient (Wildman–Crippen LogP) is 4.06. The van der Waals surface area contributed by atoms with Crippen molar-refractivity contribution in [2.24, 2.45) is 0 Å². The Hall–Kier alpha value is -2.03. The molecule has 0 saturated carbocycles. The van der Waals surface area contributed by atoms with Gasteiger partial charge in [-0.05, 0) is 36.6 Å². The van der Waals surface area contributed by atoms with Crippen LogP contribution in [0.15, 0.2) is 30.3 Å². The predicted molar refractivity (Wildman–Crippen MR) is 66.7 cm³/mol. The number of benzene rings is 2. The lowest BCUT2D eigenvalue weighted by atomic mass is 9.97. The standard InChI is InChI=1S/C15H12F2O/c1-9-3-5-13(15(17)14(9)16)12-6-4-11(8-18)7-10(12)2/h3-8H,1-2H3. The molecule has 2 aromatic rings. The van der Waals surface area contributed by atoms with Crippen LogP contribution >= 0.6 is 0 Å². The average Bonchev–Trinajstić information content (AvgIpc) is 2.37. The van der Waals surface area contributed by atoms with Gasteiger partial charge in [0, 0.05) is 11.1 Å². The second-order valence-electron chi connectivity index (χ2n) is 4.25. The third-order valence-corrected chi connectivity index (χ3v) is 2.95. The summed E-state index contributed by atoms with van der Waals surface area (Å²) in [6.45, 7) is 3.28. The molecular formula is C15H12F2O. The van der Waals surface area contributed by atoms with Crippen molar-refractivity contribution in [2.75, 3.05) is 0 Å². The van der Waals surface area contributed by atoms with E-state index in [4.69, 9.17) is 0 Å². The van der Waals surface area contributed by atoms with E-state index < -0.39 is 11.6 Å². The maximum Gasteiger partial charge on any atom is 0.166 e. The normalized spacial score (nSPS) is 10.4. The van der Waals surface area contributed by atoms with Crippen LogP contribution in [-0.2, 0) is 0 Å². The Morgan fingerprint density at radius 2 is 1.56 bits per heavy atom. The summed E-state index contributed by atoms with van der Waals surface area (Å²) >= 11 is 0. The fourth-order valence-corrected chi connectivity index (χ4v) is 1.92. The first kappa shape index (κ1) is 12.4. The van der Waals surface area contributed by atoms with E-state index in [-0.39, 0.29) is 11.1 Å². The lowest BCUT2D eigenvalue weighted by Gasteiger charge is -2.09. The quantitative estimate of drug-likeness (QED) is 0.730. The van der Waals surface area contributed by atoms with E-state index in [9.17, 15) is 13.6 Å². The minimum atomic E-state index is -0.850. The van der Waals surface area contributed by atoms with Crippen LogP contribution in [0.25, 0.3) is 11.1 Å². The van der Waals surface area contributed by atoms with Crippen molar-refractivity contribution in [1.29, 1.82) is 0 Å². The molecule has 0 saturated heterocycles. The summed E-state index contributed by atoms with van der Waals surface area (Å²) < 4.78 is 27.4. The number of carbonyl (C=O) groups excluding carboxylic acids is 1. The molecule has 0 aliphatic carbocycles. The van der Waals surface area contributed by atoms with E-state index in [0.29, 0.717) is 11.1 Å². The smallest absolute Gasteiger partial charge is 0.166 e. The van der Waals surface area contributed by atoms with Crippen molar-refractivity contribution in [1.82, 2.24) is 0 Å². The maximum absolute atomic E-state index is 13.9. The second kappa shape index (κ2) is 4.69. The number of carbonyl (C=O) groups is 1. The monoisotopic (exact) mass is 246 g/mol. The Balaban J connectivity index is 2.62. The summed E-state index contributed by atoms with van der Waals surface area (Å²) in [5, 5.41) is 0. The molecule has 92 valence electrons. The van der Waals surface area contributed by atoms with E-state index in [1.165, 1.54) is 6.92 Å². The van der Waals surface area contributed by atoms with Gasteiger partial charge in [0.2, 0.25) is 0 Å². The van der Waals surface area contributed by atoms with Crippen LogP contribution in [0.5, 0.6) is 0 Å². The first-order chi connectivity index (χ1) is 8.54. The summed E-state index contributed by atoms with van der Waals surface area (Å²) in [6.07, 6.45) is 0.725. The molecule has 18 heavy (non-hydrogen) atoms. The molecule has 2 rings (SSSR count). The molecule has 0 unspecified atom stereocenters. The van der Waals surface area contributed by atoms with Gasteiger partial charge in [0.15, 0.2) is 11.6 Å². The SMILES string of the molecule is Cc1cc(C=O)ccc1-c1ccc(C)c(F)c1F. The molecule has 0 aliphatic heterocycles. The molecule has 0 aromatic heterocycles. The topological polar surface area (TPSA) is 17.1 Å². The molecule has 0 fully saturated rings. The molecule has 0 bridgehead atoms. The van der Waals surface area contributed by atoms with E-state index in [1.54, 1.807) is 37.3 Å². The van der Waals surface area contributed by atoms with Crippen molar-refractivity contribution in [2.45, 2.75) is 13.8 Å². The van der Waals surface area contributed by atoms with Crippen molar-refractivity contribution in [3.8, 4) is 11.1 Å². The lowest BCUT2D eigenvalue weighted by molar-refractivity contribution is 0.112. The molecule has 0 atom stereocenters. The zero-order valence-electron chi connectivity index (χ0n) is 10.1. The minimum Gasteiger partial charge on any atom is -0.298 e. The van der Waals surface area contributed by atoms with Gasteiger partial charge in [-0.1, -0.05) is 24.3 Å². The van der Waals surface area contributed by atoms with Gasteiger partial charge < -0.3 is 0 Å². The van der Waals surface area contributed by atoms with Crippen LogP contribution in [0.4, 0.5) is 8.78 Å². The third kappa shape index (κ3) is 2.04. The van der Waals surface area contributed by atoms with Crippen LogP contribution in [0.1, 0.15) is 21.5 Å². The maximum atomic E-state index is 13.9. The number of aryl methyl sites for hydroxylation is 2. The highest BCUT2D eigenvalue weighted by molar-refractivity contribution is 5.78. The second-order valence-corrected chi connectivity index (χ2v) is 4.25. The van der Waals surface area contributed by atoms with E-state index in [0.717, 1.165) is 11.8 Å². The zero-order valence-corrected chi connectivity index (χ0v) is 10.1. The van der Waals surface area contributed by atoms with E-state index in [1.807, 2.05) is 0 Å². The highest BCUT2D eigenvalue weighted by Crippen LogP contribution is 2.29. The lowest BCUT2D eigenvalue weighted by Crippen LogP contribution is -1.95. The van der Waals surface area contributed by atoms with Crippen molar-refractivity contribution >= 4 is 6.29 Å². The van der Waals surface area contributed by atoms with Gasteiger partial charge in [-0.2, -0.15) is 0 Å². The molecule has 0 spiro atoms.